The van der Waals surface area contributed by atoms with E-state index in [4.69, 9.17) is 16.6 Å². The standard InChI is InChI=1S/C26H27ClN4O2S2/c27-18-10-8-17(9-11-18)14-28-15-24(32)30-13-12-21-20(16-30)25(33)31(22-6-1-2-7-23(22)34)26(29-21)35-19-4-3-5-19/h1-2,6-11,19,28,34H,3-5,12-16H2. The minimum absolute atomic E-state index is 0.0296. The maximum absolute atomic E-state index is 13.8. The van der Waals surface area contributed by atoms with Gasteiger partial charge < -0.3 is 10.2 Å². The molecule has 1 aromatic heterocycles. The number of nitrogens with one attached hydrogen (secondary N) is 1. The summed E-state index contributed by atoms with van der Waals surface area (Å²) < 4.78 is 1.69. The van der Waals surface area contributed by atoms with Gasteiger partial charge in [0.1, 0.15) is 0 Å². The lowest BCUT2D eigenvalue weighted by molar-refractivity contribution is -0.131. The van der Waals surface area contributed by atoms with Gasteiger partial charge in [-0.1, -0.05) is 54.0 Å². The molecule has 0 saturated heterocycles. The van der Waals surface area contributed by atoms with Crippen LogP contribution in [0.2, 0.25) is 5.02 Å². The molecule has 0 atom stereocenters. The Labute approximate surface area is 219 Å². The zero-order chi connectivity index (χ0) is 24.4. The summed E-state index contributed by atoms with van der Waals surface area (Å²) in [6.07, 6.45) is 4.09. The first-order valence-corrected chi connectivity index (χ1v) is 13.5. The van der Waals surface area contributed by atoms with Gasteiger partial charge >= 0.3 is 0 Å². The van der Waals surface area contributed by atoms with Gasteiger partial charge in [0.05, 0.1) is 30.0 Å². The molecule has 2 aliphatic rings. The summed E-state index contributed by atoms with van der Waals surface area (Å²) in [4.78, 5) is 34.1. The van der Waals surface area contributed by atoms with E-state index in [0.29, 0.717) is 35.3 Å². The maximum atomic E-state index is 13.8. The van der Waals surface area contributed by atoms with Gasteiger partial charge in [-0.2, -0.15) is 0 Å². The molecule has 1 fully saturated rings. The third-order valence-electron chi connectivity index (χ3n) is 6.52. The predicted octanol–water partition coefficient (Wildman–Crippen LogP) is 4.49. The second-order valence-electron chi connectivity index (χ2n) is 8.91. The van der Waals surface area contributed by atoms with Gasteiger partial charge in [0.2, 0.25) is 5.91 Å². The Balaban J connectivity index is 1.36. The average molecular weight is 527 g/mol. The Morgan fingerprint density at radius 1 is 1.17 bits per heavy atom. The van der Waals surface area contributed by atoms with E-state index in [1.807, 2.05) is 48.5 Å². The minimum atomic E-state index is -0.107. The van der Waals surface area contributed by atoms with Crippen molar-refractivity contribution < 1.29 is 4.79 Å². The molecular formula is C26H27ClN4O2S2. The first kappa shape index (κ1) is 24.4. The summed E-state index contributed by atoms with van der Waals surface area (Å²) in [5.74, 6) is -0.0296. The average Bonchev–Trinajstić information content (AvgIpc) is 2.83. The van der Waals surface area contributed by atoms with E-state index < -0.39 is 0 Å². The number of halogens is 1. The molecule has 1 N–H and O–H groups in total. The maximum Gasteiger partial charge on any atom is 0.264 e. The van der Waals surface area contributed by atoms with Crippen molar-refractivity contribution in [2.75, 3.05) is 13.1 Å². The van der Waals surface area contributed by atoms with E-state index >= 15 is 0 Å². The van der Waals surface area contributed by atoms with Crippen LogP contribution >= 0.6 is 36.0 Å². The smallest absolute Gasteiger partial charge is 0.264 e. The van der Waals surface area contributed by atoms with Gasteiger partial charge in [-0.05, 0) is 42.7 Å². The number of thiol groups is 1. The van der Waals surface area contributed by atoms with Crippen LogP contribution < -0.4 is 10.9 Å². The number of carbonyl (C=O) groups excluding carboxylic acids is 1. The number of fused-ring (bicyclic) bond motifs is 1. The van der Waals surface area contributed by atoms with Gasteiger partial charge in [-0.15, -0.1) is 12.6 Å². The van der Waals surface area contributed by atoms with E-state index in [0.717, 1.165) is 39.8 Å². The van der Waals surface area contributed by atoms with Crippen LogP contribution in [0, 0.1) is 0 Å². The highest BCUT2D eigenvalue weighted by Crippen LogP contribution is 2.37. The zero-order valence-electron chi connectivity index (χ0n) is 19.2. The van der Waals surface area contributed by atoms with Crippen LogP contribution in [0.5, 0.6) is 0 Å². The summed E-state index contributed by atoms with van der Waals surface area (Å²) in [6, 6.07) is 15.1. The Morgan fingerprint density at radius 3 is 2.66 bits per heavy atom. The van der Waals surface area contributed by atoms with Gasteiger partial charge in [0, 0.05) is 34.7 Å². The van der Waals surface area contributed by atoms with Crippen molar-refractivity contribution in [1.29, 1.82) is 0 Å². The molecule has 1 amide bonds. The Morgan fingerprint density at radius 2 is 1.94 bits per heavy atom. The molecule has 0 spiro atoms. The Kier molecular flexibility index (Phi) is 7.53. The van der Waals surface area contributed by atoms with Gasteiger partial charge in [-0.25, -0.2) is 4.98 Å². The molecule has 1 aliphatic heterocycles. The van der Waals surface area contributed by atoms with Crippen molar-refractivity contribution in [3.63, 3.8) is 0 Å². The number of nitrogens with zero attached hydrogens (tertiary/aromatic N) is 3. The first-order chi connectivity index (χ1) is 17.0. The van der Waals surface area contributed by atoms with E-state index in [1.165, 1.54) is 6.42 Å². The van der Waals surface area contributed by atoms with Crippen LogP contribution in [-0.4, -0.2) is 38.7 Å². The molecule has 0 radical (unpaired) electrons. The van der Waals surface area contributed by atoms with Crippen LogP contribution in [0.3, 0.4) is 0 Å². The lowest BCUT2D eigenvalue weighted by Gasteiger charge is -2.30. The molecular weight excluding hydrogens is 500 g/mol. The fourth-order valence-electron chi connectivity index (χ4n) is 4.28. The second kappa shape index (κ2) is 10.8. The van der Waals surface area contributed by atoms with Crippen LogP contribution in [0.15, 0.2) is 63.4 Å². The Hall–Kier alpha value is -2.26. The monoisotopic (exact) mass is 526 g/mol. The van der Waals surface area contributed by atoms with Crippen molar-refractivity contribution in [3.8, 4) is 5.69 Å². The van der Waals surface area contributed by atoms with Gasteiger partial charge in [0.15, 0.2) is 5.16 Å². The molecule has 9 heteroatoms. The number of thioether (sulfide) groups is 1. The van der Waals surface area contributed by atoms with Gasteiger partial charge in [0.25, 0.3) is 5.56 Å². The molecule has 6 nitrogen and oxygen atoms in total. The molecule has 35 heavy (non-hydrogen) atoms. The quantitative estimate of drug-likeness (QED) is 0.350. The van der Waals surface area contributed by atoms with E-state index in [-0.39, 0.29) is 24.6 Å². The number of benzene rings is 2. The van der Waals surface area contributed by atoms with Crippen LogP contribution in [-0.2, 0) is 24.3 Å². The third-order valence-corrected chi connectivity index (χ3v) is 8.44. The summed E-state index contributed by atoms with van der Waals surface area (Å²) in [7, 11) is 0. The number of para-hydroxylation sites is 1. The highest BCUT2D eigenvalue weighted by Gasteiger charge is 2.29. The number of rotatable bonds is 7. The molecule has 182 valence electrons. The molecule has 3 aromatic rings. The van der Waals surface area contributed by atoms with Crippen molar-refractivity contribution in [3.05, 3.63) is 80.7 Å². The number of carbonyl (C=O) groups is 1. The largest absolute Gasteiger partial charge is 0.337 e. The van der Waals surface area contributed by atoms with E-state index in [2.05, 4.69) is 17.9 Å². The summed E-state index contributed by atoms with van der Waals surface area (Å²) in [5, 5.41) is 5.10. The number of hydrogen-bond acceptors (Lipinski definition) is 6. The third kappa shape index (κ3) is 5.45. The molecule has 5 rings (SSSR count). The molecule has 2 aromatic carbocycles. The second-order valence-corrected chi connectivity index (χ2v) is 11.1. The van der Waals surface area contributed by atoms with Crippen molar-refractivity contribution >= 4 is 41.9 Å². The minimum Gasteiger partial charge on any atom is -0.337 e. The molecule has 2 heterocycles. The van der Waals surface area contributed by atoms with Crippen LogP contribution in [0.1, 0.15) is 36.1 Å². The summed E-state index contributed by atoms with van der Waals surface area (Å²) >= 11 is 12.2. The highest BCUT2D eigenvalue weighted by molar-refractivity contribution is 7.99. The van der Waals surface area contributed by atoms with Crippen molar-refractivity contribution in [1.82, 2.24) is 19.8 Å². The van der Waals surface area contributed by atoms with Crippen LogP contribution in [0.4, 0.5) is 0 Å². The van der Waals surface area contributed by atoms with Crippen molar-refractivity contribution in [2.24, 2.45) is 0 Å². The SMILES string of the molecule is O=C(CNCc1ccc(Cl)cc1)N1CCc2nc(SC3CCC3)n(-c3ccccc3S)c(=O)c2C1. The summed E-state index contributed by atoms with van der Waals surface area (Å²) in [5.41, 5.74) is 3.08. The number of hydrogen-bond donors (Lipinski definition) is 2. The topological polar surface area (TPSA) is 67.2 Å². The predicted molar refractivity (Wildman–Crippen MR) is 143 cm³/mol. The molecule has 1 saturated carbocycles. The van der Waals surface area contributed by atoms with Gasteiger partial charge in [-0.3, -0.25) is 14.2 Å². The Bertz CT molecular complexity index is 1290. The lowest BCUT2D eigenvalue weighted by atomic mass is 10.0. The molecule has 1 aliphatic carbocycles. The fourth-order valence-corrected chi connectivity index (χ4v) is 5.98. The molecule has 0 bridgehead atoms. The first-order valence-electron chi connectivity index (χ1n) is 11.8. The zero-order valence-corrected chi connectivity index (χ0v) is 21.7. The number of amides is 1. The summed E-state index contributed by atoms with van der Waals surface area (Å²) in [6.45, 7) is 1.60. The normalized spacial score (nSPS) is 15.5. The fraction of sp³-hybridized carbons (Fsp3) is 0.346. The van der Waals surface area contributed by atoms with E-state index in [1.54, 1.807) is 21.2 Å². The molecule has 0 unspecified atom stereocenters. The number of aromatic nitrogens is 2. The van der Waals surface area contributed by atoms with E-state index in [9.17, 15) is 9.59 Å². The van der Waals surface area contributed by atoms with Crippen LogP contribution in [0.25, 0.3) is 5.69 Å². The van der Waals surface area contributed by atoms with Crippen molar-refractivity contribution in [2.45, 2.75) is 54.1 Å². The highest BCUT2D eigenvalue weighted by atomic mass is 35.5. The lowest BCUT2D eigenvalue weighted by Crippen LogP contribution is -2.44.